The Hall–Kier alpha value is -2.47. The zero-order chi connectivity index (χ0) is 21.6. The number of piperazine rings is 1. The molecule has 1 aliphatic rings. The topological polar surface area (TPSA) is 78.7 Å². The standard InChI is InChI=1S/C22H27N7OS.HI/c1-23-22(28-10-11-29(21(30)15-28)19-13-25-27(2)14-19)24-12-18-16-31-20(26-18)9-8-17-6-4-3-5-7-17;/h3-7,13-14,16H,8-12,15H2,1-2H3,(H,23,24);1H. The van der Waals surface area contributed by atoms with Gasteiger partial charge in [0.1, 0.15) is 6.54 Å². The van der Waals surface area contributed by atoms with Crippen LogP contribution in [0.3, 0.4) is 0 Å². The number of anilines is 1. The molecule has 1 aromatic carbocycles. The number of amides is 1. The summed E-state index contributed by atoms with van der Waals surface area (Å²) in [4.78, 5) is 25.5. The molecule has 32 heavy (non-hydrogen) atoms. The average Bonchev–Trinajstić information content (AvgIpc) is 3.42. The van der Waals surface area contributed by atoms with Gasteiger partial charge in [0.15, 0.2) is 5.96 Å². The van der Waals surface area contributed by atoms with E-state index in [4.69, 9.17) is 4.98 Å². The molecular formula is C22H28IN7OS. The lowest BCUT2D eigenvalue weighted by atomic mass is 10.1. The van der Waals surface area contributed by atoms with Crippen LogP contribution in [0.1, 0.15) is 16.3 Å². The van der Waals surface area contributed by atoms with E-state index >= 15 is 0 Å². The van der Waals surface area contributed by atoms with E-state index in [0.717, 1.165) is 35.2 Å². The van der Waals surface area contributed by atoms with Crippen LogP contribution in [-0.4, -0.2) is 58.2 Å². The number of guanidine groups is 1. The summed E-state index contributed by atoms with van der Waals surface area (Å²) in [5.41, 5.74) is 3.16. The number of hydrogen-bond donors (Lipinski definition) is 1. The Morgan fingerprint density at radius 2 is 2.03 bits per heavy atom. The van der Waals surface area contributed by atoms with Gasteiger partial charge in [-0.25, -0.2) is 4.98 Å². The van der Waals surface area contributed by atoms with Gasteiger partial charge in [0.25, 0.3) is 0 Å². The lowest BCUT2D eigenvalue weighted by molar-refractivity contribution is -0.120. The first-order valence-corrected chi connectivity index (χ1v) is 11.2. The molecule has 0 spiro atoms. The quantitative estimate of drug-likeness (QED) is 0.283. The van der Waals surface area contributed by atoms with Crippen LogP contribution in [0.4, 0.5) is 5.69 Å². The summed E-state index contributed by atoms with van der Waals surface area (Å²) < 4.78 is 1.71. The number of aryl methyl sites for hydroxylation is 3. The highest BCUT2D eigenvalue weighted by molar-refractivity contribution is 14.0. The Bertz CT molecular complexity index is 1050. The fraction of sp³-hybridized carbons (Fsp3) is 0.364. The Kier molecular flexibility index (Phi) is 8.62. The van der Waals surface area contributed by atoms with Crippen molar-refractivity contribution in [3.63, 3.8) is 0 Å². The molecular weight excluding hydrogens is 537 g/mol. The summed E-state index contributed by atoms with van der Waals surface area (Å²) in [6.07, 6.45) is 5.51. The second-order valence-electron chi connectivity index (χ2n) is 7.46. The van der Waals surface area contributed by atoms with Crippen molar-refractivity contribution in [3.05, 3.63) is 64.4 Å². The number of rotatable bonds is 6. The molecule has 3 heterocycles. The number of carbonyl (C=O) groups is 1. The largest absolute Gasteiger partial charge is 0.351 e. The second kappa shape index (κ2) is 11.4. The predicted octanol–water partition coefficient (Wildman–Crippen LogP) is 2.70. The molecule has 1 aliphatic heterocycles. The molecule has 0 unspecified atom stereocenters. The molecule has 0 atom stereocenters. The van der Waals surface area contributed by atoms with Gasteiger partial charge in [-0.15, -0.1) is 35.3 Å². The fourth-order valence-electron chi connectivity index (χ4n) is 3.62. The van der Waals surface area contributed by atoms with Gasteiger partial charge >= 0.3 is 0 Å². The number of benzene rings is 1. The summed E-state index contributed by atoms with van der Waals surface area (Å²) >= 11 is 1.69. The monoisotopic (exact) mass is 565 g/mol. The highest BCUT2D eigenvalue weighted by atomic mass is 127. The van der Waals surface area contributed by atoms with E-state index in [-0.39, 0.29) is 36.4 Å². The average molecular weight is 565 g/mol. The van der Waals surface area contributed by atoms with Crippen molar-refractivity contribution in [2.24, 2.45) is 12.0 Å². The van der Waals surface area contributed by atoms with Crippen molar-refractivity contribution < 1.29 is 4.79 Å². The van der Waals surface area contributed by atoms with Crippen LogP contribution in [0.15, 0.2) is 53.1 Å². The van der Waals surface area contributed by atoms with Crippen LogP contribution in [-0.2, 0) is 31.2 Å². The summed E-state index contributed by atoms with van der Waals surface area (Å²) in [6, 6.07) is 10.5. The molecule has 2 aromatic heterocycles. The number of aliphatic imine (C=N–C) groups is 1. The lowest BCUT2D eigenvalue weighted by Crippen LogP contribution is -2.55. The van der Waals surface area contributed by atoms with Crippen molar-refractivity contribution in [3.8, 4) is 0 Å². The number of thiazole rings is 1. The minimum atomic E-state index is 0. The third-order valence-corrected chi connectivity index (χ3v) is 6.19. The number of halogens is 1. The van der Waals surface area contributed by atoms with Crippen LogP contribution in [0, 0.1) is 0 Å². The molecule has 8 nitrogen and oxygen atoms in total. The van der Waals surface area contributed by atoms with Crippen molar-refractivity contribution in [1.29, 1.82) is 0 Å². The first kappa shape index (κ1) is 24.2. The molecule has 3 aromatic rings. The van der Waals surface area contributed by atoms with Gasteiger partial charge in [-0.05, 0) is 12.0 Å². The highest BCUT2D eigenvalue weighted by Gasteiger charge is 2.27. The Balaban J connectivity index is 0.00000289. The number of aromatic nitrogens is 3. The van der Waals surface area contributed by atoms with E-state index in [0.29, 0.717) is 19.6 Å². The van der Waals surface area contributed by atoms with E-state index < -0.39 is 0 Å². The fourth-order valence-corrected chi connectivity index (χ4v) is 4.42. The first-order chi connectivity index (χ1) is 15.1. The lowest BCUT2D eigenvalue weighted by Gasteiger charge is -2.35. The first-order valence-electron chi connectivity index (χ1n) is 10.3. The van der Waals surface area contributed by atoms with Crippen LogP contribution >= 0.6 is 35.3 Å². The summed E-state index contributed by atoms with van der Waals surface area (Å²) in [7, 11) is 3.59. The second-order valence-corrected chi connectivity index (χ2v) is 8.40. The van der Waals surface area contributed by atoms with Gasteiger partial charge in [0, 0.05) is 45.2 Å². The van der Waals surface area contributed by atoms with E-state index in [1.54, 1.807) is 34.2 Å². The summed E-state index contributed by atoms with van der Waals surface area (Å²) in [5.74, 6) is 0.761. The molecule has 4 rings (SSSR count). The molecule has 170 valence electrons. The molecule has 1 amide bonds. The molecule has 10 heteroatoms. The predicted molar refractivity (Wildman–Crippen MR) is 139 cm³/mol. The van der Waals surface area contributed by atoms with Crippen molar-refractivity contribution in [1.82, 2.24) is 25.0 Å². The van der Waals surface area contributed by atoms with Gasteiger partial charge in [-0.2, -0.15) is 5.10 Å². The highest BCUT2D eigenvalue weighted by Crippen LogP contribution is 2.17. The minimum Gasteiger partial charge on any atom is -0.351 e. The van der Waals surface area contributed by atoms with E-state index in [2.05, 4.69) is 45.1 Å². The van der Waals surface area contributed by atoms with E-state index in [1.807, 2.05) is 24.2 Å². The molecule has 0 radical (unpaired) electrons. The number of nitrogens with zero attached hydrogens (tertiary/aromatic N) is 6. The molecule has 1 saturated heterocycles. The number of hydrogen-bond acceptors (Lipinski definition) is 5. The Morgan fingerprint density at radius 1 is 1.22 bits per heavy atom. The summed E-state index contributed by atoms with van der Waals surface area (Å²) in [6.45, 7) is 2.19. The third kappa shape index (κ3) is 6.06. The smallest absolute Gasteiger partial charge is 0.246 e. The van der Waals surface area contributed by atoms with Crippen LogP contribution in [0.2, 0.25) is 0 Å². The van der Waals surface area contributed by atoms with Crippen LogP contribution in [0.5, 0.6) is 0 Å². The van der Waals surface area contributed by atoms with Gasteiger partial charge in [0.05, 0.1) is 29.1 Å². The maximum absolute atomic E-state index is 12.7. The Morgan fingerprint density at radius 3 is 2.72 bits per heavy atom. The normalized spacial score (nSPS) is 14.4. The zero-order valence-corrected chi connectivity index (χ0v) is 21.4. The van der Waals surface area contributed by atoms with E-state index in [1.165, 1.54) is 5.56 Å². The maximum Gasteiger partial charge on any atom is 0.246 e. The number of carbonyl (C=O) groups excluding carboxylic acids is 1. The van der Waals surface area contributed by atoms with Crippen LogP contribution in [0.25, 0.3) is 0 Å². The maximum atomic E-state index is 12.7. The van der Waals surface area contributed by atoms with Crippen molar-refractivity contribution >= 4 is 52.9 Å². The number of nitrogens with one attached hydrogen (secondary N) is 1. The molecule has 1 fully saturated rings. The Labute approximate surface area is 209 Å². The SMILES string of the molecule is CN=C(NCc1csc(CCc2ccccc2)n1)N1CCN(c2cnn(C)c2)C(=O)C1.I. The van der Waals surface area contributed by atoms with Crippen molar-refractivity contribution in [2.45, 2.75) is 19.4 Å². The van der Waals surface area contributed by atoms with Gasteiger partial charge in [0.2, 0.25) is 5.91 Å². The minimum absolute atomic E-state index is 0. The molecule has 1 N–H and O–H groups in total. The van der Waals surface area contributed by atoms with Crippen molar-refractivity contribution in [2.75, 3.05) is 31.6 Å². The van der Waals surface area contributed by atoms with Gasteiger partial charge < -0.3 is 15.1 Å². The molecule has 0 aliphatic carbocycles. The van der Waals surface area contributed by atoms with E-state index in [9.17, 15) is 4.79 Å². The zero-order valence-electron chi connectivity index (χ0n) is 18.3. The van der Waals surface area contributed by atoms with Gasteiger partial charge in [-0.3, -0.25) is 14.5 Å². The third-order valence-electron chi connectivity index (χ3n) is 5.23. The van der Waals surface area contributed by atoms with Gasteiger partial charge in [-0.1, -0.05) is 30.3 Å². The molecule has 0 bridgehead atoms. The van der Waals surface area contributed by atoms with Crippen LogP contribution < -0.4 is 10.2 Å². The summed E-state index contributed by atoms with van der Waals surface area (Å²) in [5, 5.41) is 10.7. The molecule has 0 saturated carbocycles.